The average Bonchev–Trinajstić information content (AvgIpc) is 2.83. The van der Waals surface area contributed by atoms with Crippen molar-refractivity contribution in [2.75, 3.05) is 6.54 Å². The Bertz CT molecular complexity index is 706. The van der Waals surface area contributed by atoms with Gasteiger partial charge in [-0.05, 0) is 6.42 Å². The Labute approximate surface area is 118 Å². The van der Waals surface area contributed by atoms with Crippen LogP contribution in [0.5, 0.6) is 0 Å². The molecule has 0 fully saturated rings. The SMILES string of the molecule is NC(=O)CCCNS(=O)(=O)c1c(Cl)nc2sccn12. The lowest BCUT2D eigenvalue weighted by atomic mass is 10.3. The number of sulfonamides is 1. The van der Waals surface area contributed by atoms with Gasteiger partial charge < -0.3 is 5.73 Å². The molecule has 0 atom stereocenters. The zero-order valence-corrected chi connectivity index (χ0v) is 12.1. The zero-order chi connectivity index (χ0) is 14.0. The molecule has 19 heavy (non-hydrogen) atoms. The van der Waals surface area contributed by atoms with Crippen molar-refractivity contribution in [1.29, 1.82) is 0 Å². The summed E-state index contributed by atoms with van der Waals surface area (Å²) in [5, 5.41) is 1.55. The van der Waals surface area contributed by atoms with E-state index in [1.165, 1.54) is 15.7 Å². The molecule has 1 amide bonds. The number of imidazole rings is 1. The molecule has 0 unspecified atom stereocenters. The number of aromatic nitrogens is 2. The number of carbonyl (C=O) groups excluding carboxylic acids is 1. The third-order valence-electron chi connectivity index (χ3n) is 2.33. The van der Waals surface area contributed by atoms with E-state index in [0.29, 0.717) is 11.4 Å². The van der Waals surface area contributed by atoms with Crippen LogP contribution in [0, 0.1) is 0 Å². The van der Waals surface area contributed by atoms with Gasteiger partial charge in [0.1, 0.15) is 0 Å². The van der Waals surface area contributed by atoms with E-state index in [0.717, 1.165) is 0 Å². The first kappa shape index (κ1) is 14.3. The minimum absolute atomic E-state index is 0.0748. The number of halogens is 1. The van der Waals surface area contributed by atoms with Crippen LogP contribution in [0.3, 0.4) is 0 Å². The second-order valence-electron chi connectivity index (χ2n) is 3.73. The first-order valence-corrected chi connectivity index (χ1v) is 8.05. The number of primary amides is 1. The highest BCUT2D eigenvalue weighted by Gasteiger charge is 2.24. The summed E-state index contributed by atoms with van der Waals surface area (Å²) in [4.78, 5) is 15.0. The molecule has 0 saturated carbocycles. The highest BCUT2D eigenvalue weighted by molar-refractivity contribution is 7.89. The summed E-state index contributed by atoms with van der Waals surface area (Å²) in [5.74, 6) is -0.471. The van der Waals surface area contributed by atoms with Gasteiger partial charge in [-0.3, -0.25) is 9.20 Å². The summed E-state index contributed by atoms with van der Waals surface area (Å²) in [5.41, 5.74) is 4.97. The van der Waals surface area contributed by atoms with Crippen LogP contribution in [0.4, 0.5) is 0 Å². The molecule has 3 N–H and O–H groups in total. The Balaban J connectivity index is 2.17. The van der Waals surface area contributed by atoms with Gasteiger partial charge in [0.15, 0.2) is 15.1 Å². The first-order valence-electron chi connectivity index (χ1n) is 5.31. The fraction of sp³-hybridized carbons (Fsp3) is 0.333. The van der Waals surface area contributed by atoms with Crippen molar-refractivity contribution >= 4 is 43.8 Å². The smallest absolute Gasteiger partial charge is 0.259 e. The van der Waals surface area contributed by atoms with Crippen molar-refractivity contribution in [2.45, 2.75) is 17.9 Å². The van der Waals surface area contributed by atoms with Crippen LogP contribution in [-0.2, 0) is 14.8 Å². The van der Waals surface area contributed by atoms with E-state index < -0.39 is 15.9 Å². The molecule has 0 aliphatic rings. The molecule has 0 aromatic carbocycles. The number of hydrogen-bond donors (Lipinski definition) is 2. The lowest BCUT2D eigenvalue weighted by Crippen LogP contribution is -2.27. The summed E-state index contributed by atoms with van der Waals surface area (Å²) >= 11 is 7.12. The number of nitrogens with one attached hydrogen (secondary N) is 1. The lowest BCUT2D eigenvalue weighted by molar-refractivity contribution is -0.118. The molecule has 0 aliphatic carbocycles. The number of amides is 1. The molecule has 0 radical (unpaired) electrons. The van der Waals surface area contributed by atoms with Crippen molar-refractivity contribution in [1.82, 2.24) is 14.1 Å². The minimum Gasteiger partial charge on any atom is -0.370 e. The summed E-state index contributed by atoms with van der Waals surface area (Å²) in [6, 6.07) is 0. The summed E-state index contributed by atoms with van der Waals surface area (Å²) in [6.45, 7) is 0.110. The van der Waals surface area contributed by atoms with Gasteiger partial charge in [-0.1, -0.05) is 11.6 Å². The van der Waals surface area contributed by atoms with Gasteiger partial charge in [0.25, 0.3) is 10.0 Å². The molecule has 104 valence electrons. The summed E-state index contributed by atoms with van der Waals surface area (Å²) in [7, 11) is -3.77. The van der Waals surface area contributed by atoms with Crippen molar-refractivity contribution in [3.63, 3.8) is 0 Å². The standard InChI is InChI=1S/C9H11ClN4O3S2/c10-7-8(14-4-5-18-9(14)13-7)19(16,17)12-3-1-2-6(11)15/h4-5,12H,1-3H2,(H2,11,15). The van der Waals surface area contributed by atoms with Crippen LogP contribution in [0.1, 0.15) is 12.8 Å². The second kappa shape index (κ2) is 5.45. The van der Waals surface area contributed by atoms with Gasteiger partial charge >= 0.3 is 0 Å². The molecule has 0 spiro atoms. The van der Waals surface area contributed by atoms with E-state index in [9.17, 15) is 13.2 Å². The van der Waals surface area contributed by atoms with Crippen LogP contribution in [0.2, 0.25) is 5.15 Å². The van der Waals surface area contributed by atoms with Crippen LogP contribution < -0.4 is 10.5 Å². The van der Waals surface area contributed by atoms with Gasteiger partial charge in [-0.15, -0.1) is 11.3 Å². The number of fused-ring (bicyclic) bond motifs is 1. The number of thiazole rings is 1. The first-order chi connectivity index (χ1) is 8.92. The van der Waals surface area contributed by atoms with Crippen LogP contribution in [0.15, 0.2) is 16.6 Å². The maximum atomic E-state index is 12.1. The average molecular weight is 323 g/mol. The largest absolute Gasteiger partial charge is 0.370 e. The topological polar surface area (TPSA) is 107 Å². The summed E-state index contributed by atoms with van der Waals surface area (Å²) in [6.07, 6.45) is 2.03. The van der Waals surface area contributed by atoms with E-state index in [-0.39, 0.29) is 23.1 Å². The predicted octanol–water partition coefficient (Wildman–Crippen LogP) is 0.593. The molecule has 2 rings (SSSR count). The molecule has 2 aromatic rings. The van der Waals surface area contributed by atoms with Gasteiger partial charge in [0, 0.05) is 24.5 Å². The highest BCUT2D eigenvalue weighted by Crippen LogP contribution is 2.25. The van der Waals surface area contributed by atoms with Gasteiger partial charge in [-0.25, -0.2) is 18.1 Å². The highest BCUT2D eigenvalue weighted by atomic mass is 35.5. The van der Waals surface area contributed by atoms with Crippen molar-refractivity contribution in [3.05, 3.63) is 16.7 Å². The third kappa shape index (κ3) is 3.06. The van der Waals surface area contributed by atoms with Crippen molar-refractivity contribution in [3.8, 4) is 0 Å². The molecule has 0 aliphatic heterocycles. The van der Waals surface area contributed by atoms with E-state index >= 15 is 0 Å². The van der Waals surface area contributed by atoms with Crippen LogP contribution in [-0.4, -0.2) is 30.3 Å². The quantitative estimate of drug-likeness (QED) is 0.759. The van der Waals surface area contributed by atoms with E-state index in [1.54, 1.807) is 11.6 Å². The molecule has 0 saturated heterocycles. The van der Waals surface area contributed by atoms with E-state index in [4.69, 9.17) is 17.3 Å². The number of nitrogens with two attached hydrogens (primary N) is 1. The molecule has 2 aromatic heterocycles. The molecule has 0 bridgehead atoms. The number of carbonyl (C=O) groups is 1. The Hall–Kier alpha value is -1.16. The second-order valence-corrected chi connectivity index (χ2v) is 6.64. The Kier molecular flexibility index (Phi) is 4.09. The Morgan fingerprint density at radius 2 is 2.32 bits per heavy atom. The van der Waals surface area contributed by atoms with E-state index in [2.05, 4.69) is 9.71 Å². The molecule has 2 heterocycles. The Morgan fingerprint density at radius 3 is 3.00 bits per heavy atom. The zero-order valence-electron chi connectivity index (χ0n) is 9.67. The van der Waals surface area contributed by atoms with E-state index in [1.807, 2.05) is 0 Å². The molecular formula is C9H11ClN4O3S2. The van der Waals surface area contributed by atoms with Crippen LogP contribution >= 0.6 is 22.9 Å². The fourth-order valence-corrected chi connectivity index (χ4v) is 4.04. The maximum absolute atomic E-state index is 12.1. The third-order valence-corrected chi connectivity index (χ3v) is 4.94. The monoisotopic (exact) mass is 322 g/mol. The van der Waals surface area contributed by atoms with Gasteiger partial charge in [-0.2, -0.15) is 0 Å². The van der Waals surface area contributed by atoms with Gasteiger partial charge in [0.05, 0.1) is 0 Å². The molecule has 10 heteroatoms. The fourth-order valence-electron chi connectivity index (χ4n) is 1.52. The van der Waals surface area contributed by atoms with Gasteiger partial charge in [0.2, 0.25) is 5.91 Å². The number of rotatable bonds is 6. The Morgan fingerprint density at radius 1 is 1.58 bits per heavy atom. The molecular weight excluding hydrogens is 312 g/mol. The summed E-state index contributed by atoms with van der Waals surface area (Å²) < 4.78 is 28.0. The minimum atomic E-state index is -3.77. The number of nitrogens with zero attached hydrogens (tertiary/aromatic N) is 2. The number of hydrogen-bond acceptors (Lipinski definition) is 5. The predicted molar refractivity (Wildman–Crippen MR) is 71.7 cm³/mol. The lowest BCUT2D eigenvalue weighted by Gasteiger charge is -2.05. The van der Waals surface area contributed by atoms with Crippen LogP contribution in [0.25, 0.3) is 4.96 Å². The normalized spacial score (nSPS) is 12.1. The maximum Gasteiger partial charge on any atom is 0.259 e. The van der Waals surface area contributed by atoms with Crippen molar-refractivity contribution < 1.29 is 13.2 Å². The van der Waals surface area contributed by atoms with Crippen molar-refractivity contribution in [2.24, 2.45) is 5.73 Å². The molecule has 7 nitrogen and oxygen atoms in total.